The highest BCUT2D eigenvalue weighted by Gasteiger charge is 2.19. The van der Waals surface area contributed by atoms with Crippen LogP contribution in [0.15, 0.2) is 30.3 Å². The summed E-state index contributed by atoms with van der Waals surface area (Å²) in [5.74, 6) is 2.08. The minimum Gasteiger partial charge on any atom is -0.481 e. The Morgan fingerprint density at radius 2 is 2.11 bits per heavy atom. The van der Waals surface area contributed by atoms with Crippen molar-refractivity contribution in [3.05, 3.63) is 41.7 Å². The van der Waals surface area contributed by atoms with Gasteiger partial charge in [0.1, 0.15) is 11.6 Å². The van der Waals surface area contributed by atoms with Crippen molar-refractivity contribution in [1.29, 1.82) is 0 Å². The highest BCUT2D eigenvalue weighted by molar-refractivity contribution is 7.80. The van der Waals surface area contributed by atoms with Crippen LogP contribution in [0, 0.1) is 11.7 Å². The van der Waals surface area contributed by atoms with E-state index < -0.39 is 0 Å². The van der Waals surface area contributed by atoms with E-state index in [1.807, 2.05) is 6.07 Å². The minimum atomic E-state index is -0.260. The molecular formula is C19H24FN5OS. The maximum atomic E-state index is 13.0. The Kier molecular flexibility index (Phi) is 6.39. The van der Waals surface area contributed by atoms with Gasteiger partial charge in [0.25, 0.3) is 0 Å². The van der Waals surface area contributed by atoms with Crippen molar-refractivity contribution >= 4 is 29.1 Å². The quantitative estimate of drug-likeness (QED) is 0.761. The third-order valence-corrected chi connectivity index (χ3v) is 4.72. The Balaban J connectivity index is 1.65. The molecule has 8 heteroatoms. The van der Waals surface area contributed by atoms with Gasteiger partial charge in [0.2, 0.25) is 11.8 Å². The average molecular weight is 390 g/mol. The number of nitrogens with one attached hydrogen (secondary N) is 2. The van der Waals surface area contributed by atoms with Crippen molar-refractivity contribution in [2.75, 3.05) is 30.4 Å². The first-order valence-electron chi connectivity index (χ1n) is 9.01. The molecule has 27 heavy (non-hydrogen) atoms. The van der Waals surface area contributed by atoms with Gasteiger partial charge in [-0.15, -0.1) is 0 Å². The number of hydrogen-bond acceptors (Lipinski definition) is 5. The summed E-state index contributed by atoms with van der Waals surface area (Å²) in [7, 11) is 1.58. The van der Waals surface area contributed by atoms with Gasteiger partial charge in [0.05, 0.1) is 7.11 Å². The van der Waals surface area contributed by atoms with Crippen LogP contribution in [0.25, 0.3) is 0 Å². The Hall–Kier alpha value is -2.48. The van der Waals surface area contributed by atoms with E-state index in [2.05, 4.69) is 32.4 Å². The zero-order valence-electron chi connectivity index (χ0n) is 15.5. The van der Waals surface area contributed by atoms with Crippen molar-refractivity contribution in [1.82, 2.24) is 15.3 Å². The van der Waals surface area contributed by atoms with Crippen molar-refractivity contribution in [2.24, 2.45) is 5.92 Å². The second-order valence-corrected chi connectivity index (χ2v) is 7.13. The van der Waals surface area contributed by atoms with Gasteiger partial charge in [-0.3, -0.25) is 0 Å². The molecule has 1 unspecified atom stereocenters. The van der Waals surface area contributed by atoms with Crippen molar-refractivity contribution < 1.29 is 9.13 Å². The average Bonchev–Trinajstić information content (AvgIpc) is 2.67. The predicted octanol–water partition coefficient (Wildman–Crippen LogP) is 3.35. The topological polar surface area (TPSA) is 62.3 Å². The fourth-order valence-electron chi connectivity index (χ4n) is 3.06. The summed E-state index contributed by atoms with van der Waals surface area (Å²) in [6.07, 6.45) is 2.38. The van der Waals surface area contributed by atoms with Crippen LogP contribution in [0.2, 0.25) is 0 Å². The van der Waals surface area contributed by atoms with E-state index in [0.29, 0.717) is 29.4 Å². The molecule has 1 aliphatic heterocycles. The molecule has 0 saturated carbocycles. The van der Waals surface area contributed by atoms with Gasteiger partial charge in [-0.05, 0) is 48.7 Å². The molecule has 0 bridgehead atoms. The number of methoxy groups -OCH3 is 1. The van der Waals surface area contributed by atoms with Crippen molar-refractivity contribution in [2.45, 2.75) is 26.3 Å². The minimum absolute atomic E-state index is 0.260. The first-order chi connectivity index (χ1) is 13.0. The molecule has 1 aromatic carbocycles. The molecule has 6 nitrogen and oxygen atoms in total. The summed E-state index contributed by atoms with van der Waals surface area (Å²) >= 11 is 5.33. The highest BCUT2D eigenvalue weighted by atomic mass is 32.1. The maximum absolute atomic E-state index is 13.0. The number of aromatic nitrogens is 2. The monoisotopic (exact) mass is 389 g/mol. The zero-order valence-corrected chi connectivity index (χ0v) is 16.4. The third-order valence-electron chi connectivity index (χ3n) is 4.47. The van der Waals surface area contributed by atoms with Crippen LogP contribution in [-0.2, 0) is 6.54 Å². The fraction of sp³-hybridized carbons (Fsp3) is 0.421. The first-order valence-corrected chi connectivity index (χ1v) is 9.41. The first kappa shape index (κ1) is 19.3. The standard InChI is InChI=1S/C19H24FN5OS/c1-13-4-3-9-25(12-13)16-10-17(26-2)23-18(22-16)24-19(27)21-11-14-5-7-15(20)8-6-14/h5-8,10,13H,3-4,9,11-12H2,1-2H3,(H2,21,22,23,24,27). The maximum Gasteiger partial charge on any atom is 0.234 e. The number of piperidine rings is 1. The molecule has 1 fully saturated rings. The molecule has 1 aliphatic rings. The Bertz CT molecular complexity index is 786. The summed E-state index contributed by atoms with van der Waals surface area (Å²) in [4.78, 5) is 11.2. The van der Waals surface area contributed by atoms with E-state index in [1.54, 1.807) is 19.2 Å². The highest BCUT2D eigenvalue weighted by Crippen LogP contribution is 2.25. The normalized spacial score (nSPS) is 16.7. The third kappa shape index (κ3) is 5.50. The molecular weight excluding hydrogens is 365 g/mol. The largest absolute Gasteiger partial charge is 0.481 e. The lowest BCUT2D eigenvalue weighted by Gasteiger charge is -2.32. The van der Waals surface area contributed by atoms with Gasteiger partial charge in [-0.25, -0.2) is 4.39 Å². The summed E-state index contributed by atoms with van der Waals surface area (Å²) in [5, 5.41) is 6.47. The van der Waals surface area contributed by atoms with Crippen LogP contribution in [0.1, 0.15) is 25.3 Å². The van der Waals surface area contributed by atoms with Crippen LogP contribution in [0.4, 0.5) is 16.2 Å². The molecule has 3 rings (SSSR count). The number of thiocarbonyl (C=S) groups is 1. The molecule has 2 heterocycles. The van der Waals surface area contributed by atoms with E-state index in [4.69, 9.17) is 17.0 Å². The van der Waals surface area contributed by atoms with E-state index in [-0.39, 0.29) is 5.82 Å². The van der Waals surface area contributed by atoms with Crippen LogP contribution in [0.5, 0.6) is 5.88 Å². The molecule has 0 aliphatic carbocycles. The van der Waals surface area contributed by atoms with Gasteiger partial charge < -0.3 is 20.3 Å². The lowest BCUT2D eigenvalue weighted by Crippen LogP contribution is -2.35. The number of halogens is 1. The Morgan fingerprint density at radius 3 is 2.81 bits per heavy atom. The van der Waals surface area contributed by atoms with Gasteiger partial charge in [0, 0.05) is 25.7 Å². The van der Waals surface area contributed by atoms with Gasteiger partial charge in [0.15, 0.2) is 5.11 Å². The molecule has 1 atom stereocenters. The van der Waals surface area contributed by atoms with Gasteiger partial charge >= 0.3 is 0 Å². The number of anilines is 2. The van der Waals surface area contributed by atoms with Crippen LogP contribution < -0.4 is 20.3 Å². The Labute approximate surface area is 164 Å². The van der Waals surface area contributed by atoms with E-state index in [1.165, 1.54) is 18.6 Å². The van der Waals surface area contributed by atoms with Crippen molar-refractivity contribution in [3.8, 4) is 5.88 Å². The van der Waals surface area contributed by atoms with Crippen LogP contribution >= 0.6 is 12.2 Å². The fourth-order valence-corrected chi connectivity index (χ4v) is 3.23. The smallest absolute Gasteiger partial charge is 0.234 e. The Morgan fingerprint density at radius 1 is 1.33 bits per heavy atom. The van der Waals surface area contributed by atoms with Gasteiger partial charge in [-0.1, -0.05) is 19.1 Å². The second-order valence-electron chi connectivity index (χ2n) is 6.72. The summed E-state index contributed by atoms with van der Waals surface area (Å²) < 4.78 is 18.3. The van der Waals surface area contributed by atoms with Crippen molar-refractivity contribution in [3.63, 3.8) is 0 Å². The molecule has 2 N–H and O–H groups in total. The van der Waals surface area contributed by atoms with E-state index >= 15 is 0 Å². The van der Waals surface area contributed by atoms with Crippen LogP contribution in [-0.4, -0.2) is 35.3 Å². The molecule has 1 aromatic heterocycles. The van der Waals surface area contributed by atoms with E-state index in [0.717, 1.165) is 30.9 Å². The lowest BCUT2D eigenvalue weighted by molar-refractivity contribution is 0.396. The number of hydrogen-bond donors (Lipinski definition) is 2. The molecule has 0 spiro atoms. The number of rotatable bonds is 5. The lowest BCUT2D eigenvalue weighted by atomic mass is 10.0. The molecule has 0 radical (unpaired) electrons. The van der Waals surface area contributed by atoms with Crippen LogP contribution in [0.3, 0.4) is 0 Å². The molecule has 144 valence electrons. The zero-order chi connectivity index (χ0) is 19.2. The SMILES string of the molecule is COc1cc(N2CCCC(C)C2)nc(NC(=S)NCc2ccc(F)cc2)n1. The summed E-state index contributed by atoms with van der Waals surface area (Å²) in [6, 6.07) is 8.11. The number of nitrogens with zero attached hydrogens (tertiary/aromatic N) is 3. The molecule has 2 aromatic rings. The van der Waals surface area contributed by atoms with E-state index in [9.17, 15) is 4.39 Å². The molecule has 1 saturated heterocycles. The number of ether oxygens (including phenoxy) is 1. The number of benzene rings is 1. The molecule has 0 amide bonds. The van der Waals surface area contributed by atoms with Gasteiger partial charge in [-0.2, -0.15) is 9.97 Å². The second kappa shape index (κ2) is 8.94. The predicted molar refractivity (Wildman–Crippen MR) is 109 cm³/mol. The summed E-state index contributed by atoms with van der Waals surface area (Å²) in [6.45, 7) is 4.66. The summed E-state index contributed by atoms with van der Waals surface area (Å²) in [5.41, 5.74) is 0.926.